The van der Waals surface area contributed by atoms with E-state index in [0.29, 0.717) is 5.92 Å². The molecule has 2 N–H and O–H groups in total. The second kappa shape index (κ2) is 6.93. The van der Waals surface area contributed by atoms with Crippen LogP contribution >= 0.6 is 0 Å². The van der Waals surface area contributed by atoms with Gasteiger partial charge in [0.1, 0.15) is 0 Å². The minimum Gasteiger partial charge on any atom is -0.325 e. The summed E-state index contributed by atoms with van der Waals surface area (Å²) in [6.07, 6.45) is 3.10. The normalized spacial score (nSPS) is 17.3. The van der Waals surface area contributed by atoms with Crippen molar-refractivity contribution in [1.29, 1.82) is 0 Å². The van der Waals surface area contributed by atoms with Crippen LogP contribution in [0.4, 0.5) is 5.69 Å². The SMILES string of the molecule is CCC(C(=O)Nc1cccc2ccccc12)C1CCNCC1. The molecular weight excluding hydrogens is 272 g/mol. The Bertz CT molecular complexity index is 641. The fourth-order valence-corrected chi connectivity index (χ4v) is 3.54. The summed E-state index contributed by atoms with van der Waals surface area (Å²) in [6, 6.07) is 14.3. The molecule has 0 aliphatic carbocycles. The average molecular weight is 296 g/mol. The van der Waals surface area contributed by atoms with E-state index in [2.05, 4.69) is 35.8 Å². The molecule has 1 aliphatic rings. The van der Waals surface area contributed by atoms with Crippen molar-refractivity contribution in [2.24, 2.45) is 11.8 Å². The highest BCUT2D eigenvalue weighted by molar-refractivity contribution is 6.02. The van der Waals surface area contributed by atoms with Crippen LogP contribution < -0.4 is 10.6 Å². The van der Waals surface area contributed by atoms with Gasteiger partial charge in [-0.15, -0.1) is 0 Å². The van der Waals surface area contributed by atoms with Gasteiger partial charge in [0, 0.05) is 17.0 Å². The fraction of sp³-hybridized carbons (Fsp3) is 0.421. The lowest BCUT2D eigenvalue weighted by Crippen LogP contribution is -2.36. The van der Waals surface area contributed by atoms with Gasteiger partial charge < -0.3 is 10.6 Å². The molecule has 1 fully saturated rings. The van der Waals surface area contributed by atoms with Crippen LogP contribution in [0.5, 0.6) is 0 Å². The van der Waals surface area contributed by atoms with Gasteiger partial charge in [0.15, 0.2) is 0 Å². The molecule has 0 spiro atoms. The molecule has 0 saturated carbocycles. The first-order chi connectivity index (χ1) is 10.8. The highest BCUT2D eigenvalue weighted by Crippen LogP contribution is 2.28. The molecule has 0 radical (unpaired) electrons. The van der Waals surface area contributed by atoms with Crippen molar-refractivity contribution < 1.29 is 4.79 Å². The lowest BCUT2D eigenvalue weighted by Gasteiger charge is -2.29. The van der Waals surface area contributed by atoms with E-state index < -0.39 is 0 Å². The molecule has 3 nitrogen and oxygen atoms in total. The Morgan fingerprint density at radius 1 is 1.18 bits per heavy atom. The average Bonchev–Trinajstić information content (AvgIpc) is 2.57. The lowest BCUT2D eigenvalue weighted by molar-refractivity contribution is -0.121. The molecular formula is C19H24N2O. The summed E-state index contributed by atoms with van der Waals surface area (Å²) in [5.41, 5.74) is 0.926. The Hall–Kier alpha value is -1.87. The minimum atomic E-state index is 0.112. The first kappa shape index (κ1) is 15.0. The standard InChI is InChI=1S/C19H24N2O/c1-2-16(15-10-12-20-13-11-15)19(22)21-18-9-5-7-14-6-3-4-8-17(14)18/h3-9,15-16,20H,2,10-13H2,1H3,(H,21,22). The largest absolute Gasteiger partial charge is 0.325 e. The van der Waals surface area contributed by atoms with Crippen molar-refractivity contribution in [1.82, 2.24) is 5.32 Å². The van der Waals surface area contributed by atoms with E-state index in [4.69, 9.17) is 0 Å². The number of carbonyl (C=O) groups excluding carboxylic acids is 1. The van der Waals surface area contributed by atoms with Crippen molar-refractivity contribution in [2.75, 3.05) is 18.4 Å². The third-order valence-corrected chi connectivity index (χ3v) is 4.78. The summed E-state index contributed by atoms with van der Waals surface area (Å²) in [6.45, 7) is 4.18. The van der Waals surface area contributed by atoms with Crippen molar-refractivity contribution in [3.63, 3.8) is 0 Å². The molecule has 3 rings (SSSR count). The highest BCUT2D eigenvalue weighted by Gasteiger charge is 2.28. The molecule has 0 aromatic heterocycles. The van der Waals surface area contributed by atoms with Gasteiger partial charge in [0.25, 0.3) is 0 Å². The molecule has 22 heavy (non-hydrogen) atoms. The summed E-state index contributed by atoms with van der Waals surface area (Å²) >= 11 is 0. The number of piperidine rings is 1. The summed E-state index contributed by atoms with van der Waals surface area (Å²) in [5.74, 6) is 0.785. The van der Waals surface area contributed by atoms with E-state index in [1.54, 1.807) is 0 Å². The van der Waals surface area contributed by atoms with E-state index in [1.165, 1.54) is 0 Å². The van der Waals surface area contributed by atoms with E-state index in [-0.39, 0.29) is 11.8 Å². The summed E-state index contributed by atoms with van der Waals surface area (Å²) in [5, 5.41) is 8.82. The molecule has 1 saturated heterocycles. The third-order valence-electron chi connectivity index (χ3n) is 4.78. The maximum Gasteiger partial charge on any atom is 0.227 e. The molecule has 2 aromatic carbocycles. The second-order valence-electron chi connectivity index (χ2n) is 6.12. The number of hydrogen-bond acceptors (Lipinski definition) is 2. The monoisotopic (exact) mass is 296 g/mol. The first-order valence-electron chi connectivity index (χ1n) is 8.29. The molecule has 1 aliphatic heterocycles. The predicted molar refractivity (Wildman–Crippen MR) is 92.0 cm³/mol. The fourth-order valence-electron chi connectivity index (χ4n) is 3.54. The van der Waals surface area contributed by atoms with Crippen molar-refractivity contribution in [3.8, 4) is 0 Å². The van der Waals surface area contributed by atoms with Gasteiger partial charge in [-0.3, -0.25) is 4.79 Å². The van der Waals surface area contributed by atoms with Gasteiger partial charge in [-0.1, -0.05) is 43.3 Å². The Kier molecular flexibility index (Phi) is 4.74. The quantitative estimate of drug-likeness (QED) is 0.901. The number of rotatable bonds is 4. The zero-order chi connectivity index (χ0) is 15.4. The number of anilines is 1. The Labute approximate surface area is 132 Å². The maximum atomic E-state index is 12.8. The molecule has 1 heterocycles. The van der Waals surface area contributed by atoms with Crippen LogP contribution in [-0.2, 0) is 4.79 Å². The summed E-state index contributed by atoms with van der Waals surface area (Å²) in [7, 11) is 0. The van der Waals surface area contributed by atoms with Crippen LogP contribution in [-0.4, -0.2) is 19.0 Å². The highest BCUT2D eigenvalue weighted by atomic mass is 16.1. The van der Waals surface area contributed by atoms with Gasteiger partial charge in [-0.2, -0.15) is 0 Å². The molecule has 3 heteroatoms. The molecule has 0 bridgehead atoms. The van der Waals surface area contributed by atoms with Gasteiger partial charge in [-0.25, -0.2) is 0 Å². The Balaban J connectivity index is 1.79. The van der Waals surface area contributed by atoms with Crippen LogP contribution in [0.15, 0.2) is 42.5 Å². The molecule has 1 unspecified atom stereocenters. The van der Waals surface area contributed by atoms with E-state index in [0.717, 1.165) is 48.8 Å². The lowest BCUT2D eigenvalue weighted by atomic mass is 9.82. The molecule has 2 aromatic rings. The number of carbonyl (C=O) groups is 1. The first-order valence-corrected chi connectivity index (χ1v) is 8.29. The Morgan fingerprint density at radius 2 is 1.91 bits per heavy atom. The number of benzene rings is 2. The van der Waals surface area contributed by atoms with Gasteiger partial charge in [0.05, 0.1) is 0 Å². The van der Waals surface area contributed by atoms with Crippen LogP contribution in [0.25, 0.3) is 10.8 Å². The van der Waals surface area contributed by atoms with Crippen LogP contribution in [0, 0.1) is 11.8 Å². The van der Waals surface area contributed by atoms with Crippen LogP contribution in [0.3, 0.4) is 0 Å². The van der Waals surface area contributed by atoms with Crippen molar-refractivity contribution >= 4 is 22.4 Å². The van der Waals surface area contributed by atoms with Gasteiger partial charge >= 0.3 is 0 Å². The zero-order valence-corrected chi connectivity index (χ0v) is 13.1. The smallest absolute Gasteiger partial charge is 0.227 e. The predicted octanol–water partition coefficient (Wildman–Crippen LogP) is 3.80. The van der Waals surface area contributed by atoms with Crippen molar-refractivity contribution in [2.45, 2.75) is 26.2 Å². The molecule has 1 atom stereocenters. The third kappa shape index (κ3) is 3.14. The van der Waals surface area contributed by atoms with E-state index >= 15 is 0 Å². The number of fused-ring (bicyclic) bond motifs is 1. The molecule has 1 amide bonds. The molecule has 116 valence electrons. The summed E-state index contributed by atoms with van der Waals surface area (Å²) < 4.78 is 0. The van der Waals surface area contributed by atoms with Crippen LogP contribution in [0.2, 0.25) is 0 Å². The van der Waals surface area contributed by atoms with Crippen LogP contribution in [0.1, 0.15) is 26.2 Å². The summed E-state index contributed by atoms with van der Waals surface area (Å²) in [4.78, 5) is 12.8. The maximum absolute atomic E-state index is 12.8. The van der Waals surface area contributed by atoms with E-state index in [9.17, 15) is 4.79 Å². The zero-order valence-electron chi connectivity index (χ0n) is 13.1. The van der Waals surface area contributed by atoms with E-state index in [1.807, 2.05) is 24.3 Å². The minimum absolute atomic E-state index is 0.112. The number of nitrogens with one attached hydrogen (secondary N) is 2. The van der Waals surface area contributed by atoms with Gasteiger partial charge in [-0.05, 0) is 49.7 Å². The number of amides is 1. The Morgan fingerprint density at radius 3 is 2.68 bits per heavy atom. The van der Waals surface area contributed by atoms with Gasteiger partial charge in [0.2, 0.25) is 5.91 Å². The number of hydrogen-bond donors (Lipinski definition) is 2. The topological polar surface area (TPSA) is 41.1 Å². The second-order valence-corrected chi connectivity index (χ2v) is 6.12. The van der Waals surface area contributed by atoms with Crippen molar-refractivity contribution in [3.05, 3.63) is 42.5 Å².